The van der Waals surface area contributed by atoms with Crippen molar-refractivity contribution in [1.29, 1.82) is 0 Å². The quantitative estimate of drug-likeness (QED) is 0.210. The van der Waals surface area contributed by atoms with Gasteiger partial charge in [-0.25, -0.2) is 4.98 Å². The molecule has 0 bridgehead atoms. The van der Waals surface area contributed by atoms with Crippen molar-refractivity contribution < 1.29 is 0 Å². The van der Waals surface area contributed by atoms with Crippen LogP contribution in [0.4, 0.5) is 0 Å². The largest absolute Gasteiger partial charge is 0.309 e. The highest BCUT2D eigenvalue weighted by Crippen LogP contribution is 2.42. The van der Waals surface area contributed by atoms with Crippen LogP contribution in [0.1, 0.15) is 0 Å². The lowest BCUT2D eigenvalue weighted by atomic mass is 10.1. The molecule has 210 valence electrons. The maximum absolute atomic E-state index is 4.81. The van der Waals surface area contributed by atoms with Crippen LogP contribution >= 0.6 is 0 Å². The van der Waals surface area contributed by atoms with E-state index in [-0.39, 0.29) is 0 Å². The van der Waals surface area contributed by atoms with Crippen LogP contribution in [0, 0.1) is 0 Å². The number of hydrogen-bond acceptors (Lipinski definition) is 2. The first-order valence-corrected chi connectivity index (χ1v) is 15.2. The first-order chi connectivity index (χ1) is 22.4. The Kier molecular flexibility index (Phi) is 4.93. The molecule has 0 saturated carbocycles. The van der Waals surface area contributed by atoms with Crippen LogP contribution in [-0.4, -0.2) is 23.7 Å². The van der Waals surface area contributed by atoms with E-state index in [4.69, 9.17) is 9.97 Å². The molecule has 0 aliphatic carbocycles. The molecular formula is C40H25N5. The van der Waals surface area contributed by atoms with Crippen molar-refractivity contribution in [2.45, 2.75) is 0 Å². The van der Waals surface area contributed by atoms with Gasteiger partial charge in [0.25, 0.3) is 0 Å². The molecule has 0 aliphatic rings. The van der Waals surface area contributed by atoms with Crippen LogP contribution in [0.3, 0.4) is 0 Å². The van der Waals surface area contributed by atoms with Gasteiger partial charge in [-0.1, -0.05) is 72.8 Å². The Labute approximate surface area is 257 Å². The summed E-state index contributed by atoms with van der Waals surface area (Å²) in [5, 5.41) is 6.10. The van der Waals surface area contributed by atoms with Gasteiger partial charge in [-0.2, -0.15) is 0 Å². The molecule has 0 amide bonds. The normalized spacial score (nSPS) is 12.0. The Morgan fingerprint density at radius 3 is 1.49 bits per heavy atom. The molecule has 0 spiro atoms. The monoisotopic (exact) mass is 575 g/mol. The Hall–Kier alpha value is -6.20. The van der Waals surface area contributed by atoms with Crippen molar-refractivity contribution in [1.82, 2.24) is 23.7 Å². The second kappa shape index (κ2) is 9.15. The molecule has 5 heteroatoms. The van der Waals surface area contributed by atoms with Gasteiger partial charge in [0, 0.05) is 56.4 Å². The number of aromatic nitrogens is 5. The van der Waals surface area contributed by atoms with Crippen molar-refractivity contribution in [3.63, 3.8) is 0 Å². The van der Waals surface area contributed by atoms with Crippen molar-refractivity contribution in [2.24, 2.45) is 0 Å². The molecule has 0 N–H and O–H groups in total. The molecular weight excluding hydrogens is 550 g/mol. The highest BCUT2D eigenvalue weighted by molar-refractivity contribution is 6.29. The first-order valence-electron chi connectivity index (χ1n) is 15.2. The van der Waals surface area contributed by atoms with Crippen LogP contribution in [0.5, 0.6) is 0 Å². The lowest BCUT2D eigenvalue weighted by molar-refractivity contribution is 1.12. The van der Waals surface area contributed by atoms with Gasteiger partial charge in [0.1, 0.15) is 5.52 Å². The SMILES string of the molecule is c1ccc(-n2c3ccccc3c3c4c5ccccc5n(-c5ccc6c(c5)c5nccnc5n6-c5ccccc5)c4ccc32)cc1. The van der Waals surface area contributed by atoms with Crippen molar-refractivity contribution in [3.05, 3.63) is 152 Å². The van der Waals surface area contributed by atoms with E-state index in [1.54, 1.807) is 12.4 Å². The molecule has 0 atom stereocenters. The van der Waals surface area contributed by atoms with E-state index in [9.17, 15) is 0 Å². The molecule has 0 radical (unpaired) electrons. The Bertz CT molecular complexity index is 2750. The van der Waals surface area contributed by atoms with Crippen LogP contribution in [0.15, 0.2) is 152 Å². The molecule has 0 aliphatic heterocycles. The van der Waals surface area contributed by atoms with Gasteiger partial charge in [0.05, 0.1) is 27.6 Å². The van der Waals surface area contributed by atoms with E-state index in [1.165, 1.54) is 43.6 Å². The molecule has 10 rings (SSSR count). The summed E-state index contributed by atoms with van der Waals surface area (Å²) in [6.07, 6.45) is 3.55. The Morgan fingerprint density at radius 1 is 0.356 bits per heavy atom. The van der Waals surface area contributed by atoms with Gasteiger partial charge in [0.15, 0.2) is 5.65 Å². The summed E-state index contributed by atoms with van der Waals surface area (Å²) in [4.78, 5) is 9.58. The minimum atomic E-state index is 0.855. The van der Waals surface area contributed by atoms with Crippen LogP contribution in [0.25, 0.3) is 82.7 Å². The van der Waals surface area contributed by atoms with Crippen molar-refractivity contribution in [3.8, 4) is 17.1 Å². The highest BCUT2D eigenvalue weighted by atomic mass is 15.1. The number of rotatable bonds is 3. The molecule has 5 nitrogen and oxygen atoms in total. The zero-order chi connectivity index (χ0) is 29.5. The smallest absolute Gasteiger partial charge is 0.164 e. The fourth-order valence-corrected chi connectivity index (χ4v) is 7.34. The average molecular weight is 576 g/mol. The van der Waals surface area contributed by atoms with Crippen LogP contribution < -0.4 is 0 Å². The predicted octanol–water partition coefficient (Wildman–Crippen LogP) is 9.77. The third-order valence-electron chi connectivity index (χ3n) is 9.13. The average Bonchev–Trinajstić information content (AvgIpc) is 3.74. The molecule has 45 heavy (non-hydrogen) atoms. The predicted molar refractivity (Wildman–Crippen MR) is 185 cm³/mol. The second-order valence-corrected chi connectivity index (χ2v) is 11.5. The standard InChI is InChI=1S/C40H25N5/c1-3-11-26(12-4-1)43-32-17-9-7-15-29(32)37-35(43)21-22-36-38(37)30-16-8-10-18-33(30)44(36)28-19-20-34-31(25-28)39-40(42-24-23-41-39)45(34)27-13-5-2-6-14-27/h1-25H. The number of fused-ring (bicyclic) bond motifs is 10. The van der Waals surface area contributed by atoms with Gasteiger partial charge in [-0.05, 0) is 66.7 Å². The minimum Gasteiger partial charge on any atom is -0.309 e. The fourth-order valence-electron chi connectivity index (χ4n) is 7.34. The molecule has 0 saturated heterocycles. The Balaban J connectivity index is 1.32. The summed E-state index contributed by atoms with van der Waals surface area (Å²) < 4.78 is 6.99. The van der Waals surface area contributed by atoms with Gasteiger partial charge < -0.3 is 9.13 Å². The van der Waals surface area contributed by atoms with Crippen LogP contribution in [-0.2, 0) is 0 Å². The summed E-state index contributed by atoms with van der Waals surface area (Å²) in [7, 11) is 0. The molecule has 6 aromatic carbocycles. The van der Waals surface area contributed by atoms with E-state index in [1.807, 2.05) is 6.07 Å². The topological polar surface area (TPSA) is 40.6 Å². The van der Waals surface area contributed by atoms with Crippen molar-refractivity contribution in [2.75, 3.05) is 0 Å². The van der Waals surface area contributed by atoms with Gasteiger partial charge in [-0.3, -0.25) is 9.55 Å². The van der Waals surface area contributed by atoms with Crippen LogP contribution in [0.2, 0.25) is 0 Å². The molecule has 4 heterocycles. The van der Waals surface area contributed by atoms with E-state index in [0.29, 0.717) is 0 Å². The number of hydrogen-bond donors (Lipinski definition) is 0. The van der Waals surface area contributed by atoms with E-state index in [2.05, 4.69) is 147 Å². The zero-order valence-electron chi connectivity index (χ0n) is 24.2. The number of benzene rings is 6. The van der Waals surface area contributed by atoms with E-state index < -0.39 is 0 Å². The van der Waals surface area contributed by atoms with Gasteiger partial charge in [0.2, 0.25) is 0 Å². The lowest BCUT2D eigenvalue weighted by Gasteiger charge is -2.10. The maximum Gasteiger partial charge on any atom is 0.164 e. The third-order valence-corrected chi connectivity index (χ3v) is 9.13. The highest BCUT2D eigenvalue weighted by Gasteiger charge is 2.21. The molecule has 4 aromatic heterocycles. The van der Waals surface area contributed by atoms with Gasteiger partial charge in [-0.15, -0.1) is 0 Å². The number of nitrogens with zero attached hydrogens (tertiary/aromatic N) is 5. The summed E-state index contributed by atoms with van der Waals surface area (Å²) in [6, 6.07) is 49.9. The summed E-state index contributed by atoms with van der Waals surface area (Å²) in [5.41, 5.74) is 10.9. The molecule has 0 fully saturated rings. The van der Waals surface area contributed by atoms with Gasteiger partial charge >= 0.3 is 0 Å². The molecule has 0 unspecified atom stereocenters. The Morgan fingerprint density at radius 2 is 0.844 bits per heavy atom. The lowest BCUT2D eigenvalue weighted by Crippen LogP contribution is -1.96. The second-order valence-electron chi connectivity index (χ2n) is 11.5. The zero-order valence-corrected chi connectivity index (χ0v) is 24.2. The van der Waals surface area contributed by atoms with E-state index >= 15 is 0 Å². The third kappa shape index (κ3) is 3.32. The summed E-state index contributed by atoms with van der Waals surface area (Å²) in [5.74, 6) is 0. The fraction of sp³-hybridized carbons (Fsp3) is 0. The minimum absolute atomic E-state index is 0.855. The number of para-hydroxylation sites is 4. The van der Waals surface area contributed by atoms with Crippen molar-refractivity contribution >= 4 is 65.7 Å². The maximum atomic E-state index is 4.81. The first kappa shape index (κ1) is 24.3. The van der Waals surface area contributed by atoms with E-state index in [0.717, 1.165) is 39.1 Å². The molecule has 10 aromatic rings. The summed E-state index contributed by atoms with van der Waals surface area (Å²) in [6.45, 7) is 0. The summed E-state index contributed by atoms with van der Waals surface area (Å²) >= 11 is 0.